The fraction of sp³-hybridized carbons (Fsp3) is 0.0833. The summed E-state index contributed by atoms with van der Waals surface area (Å²) in [6, 6.07) is 23.7. The first-order valence-electron chi connectivity index (χ1n) is 9.20. The van der Waals surface area contributed by atoms with E-state index >= 15 is 0 Å². The molecule has 0 atom stereocenters. The Balaban J connectivity index is 1.57. The highest BCUT2D eigenvalue weighted by atomic mass is 32.2. The molecule has 2 heterocycles. The molecule has 2 aliphatic heterocycles. The van der Waals surface area contributed by atoms with Gasteiger partial charge in [0.2, 0.25) is 0 Å². The minimum absolute atomic E-state index is 0.220. The summed E-state index contributed by atoms with van der Waals surface area (Å²) in [4.78, 5) is 28.0. The van der Waals surface area contributed by atoms with Crippen LogP contribution in [0.25, 0.3) is 5.57 Å². The van der Waals surface area contributed by atoms with Crippen LogP contribution >= 0.6 is 11.8 Å². The number of imide groups is 1. The molecule has 0 spiro atoms. The second kappa shape index (κ2) is 6.80. The Bertz CT molecular complexity index is 1060. The third kappa shape index (κ3) is 2.69. The summed E-state index contributed by atoms with van der Waals surface area (Å²) >= 11 is 1.82. The molecule has 136 valence electrons. The molecule has 4 heteroatoms. The van der Waals surface area contributed by atoms with Crippen LogP contribution in [0.5, 0.6) is 0 Å². The third-order valence-corrected chi connectivity index (χ3v) is 6.35. The van der Waals surface area contributed by atoms with Crippen LogP contribution < -0.4 is 0 Å². The Kier molecular flexibility index (Phi) is 4.14. The fourth-order valence-electron chi connectivity index (χ4n) is 3.83. The molecule has 0 saturated heterocycles. The molecule has 3 aromatic carbocycles. The highest BCUT2D eigenvalue weighted by Gasteiger charge is 2.34. The lowest BCUT2D eigenvalue weighted by atomic mass is 9.94. The molecule has 0 aliphatic carbocycles. The summed E-state index contributed by atoms with van der Waals surface area (Å²) in [5.74, 6) is 0.460. The lowest BCUT2D eigenvalue weighted by Crippen LogP contribution is -2.30. The first-order chi connectivity index (χ1) is 13.7. The molecule has 0 bridgehead atoms. The first-order valence-corrected chi connectivity index (χ1v) is 10.2. The molecule has 3 nitrogen and oxygen atoms in total. The number of hydrogen-bond donors (Lipinski definition) is 0. The number of thioether (sulfide) groups is 1. The highest BCUT2D eigenvalue weighted by Crippen LogP contribution is 2.40. The van der Waals surface area contributed by atoms with Crippen molar-refractivity contribution in [3.05, 3.63) is 107 Å². The van der Waals surface area contributed by atoms with Crippen molar-refractivity contribution < 1.29 is 9.59 Å². The number of rotatable bonds is 2. The molecule has 0 fully saturated rings. The van der Waals surface area contributed by atoms with E-state index in [1.807, 2.05) is 36.0 Å². The molecule has 0 saturated carbocycles. The summed E-state index contributed by atoms with van der Waals surface area (Å²) in [5.41, 5.74) is 5.63. The van der Waals surface area contributed by atoms with Gasteiger partial charge in [-0.1, -0.05) is 60.7 Å². The minimum Gasteiger partial charge on any atom is -0.270 e. The zero-order valence-electron chi connectivity index (χ0n) is 15.1. The van der Waals surface area contributed by atoms with Gasteiger partial charge >= 0.3 is 0 Å². The molecule has 0 aromatic heterocycles. The number of benzene rings is 3. The van der Waals surface area contributed by atoms with Crippen molar-refractivity contribution in [2.24, 2.45) is 0 Å². The summed E-state index contributed by atoms with van der Waals surface area (Å²) < 4.78 is 0. The van der Waals surface area contributed by atoms with Gasteiger partial charge in [-0.15, -0.1) is 11.8 Å². The second-order valence-corrected chi connectivity index (χ2v) is 7.84. The van der Waals surface area contributed by atoms with Crippen LogP contribution in [0.4, 0.5) is 0 Å². The van der Waals surface area contributed by atoms with E-state index in [1.54, 1.807) is 24.3 Å². The topological polar surface area (TPSA) is 37.4 Å². The van der Waals surface area contributed by atoms with Crippen LogP contribution in [-0.2, 0) is 5.75 Å². The lowest BCUT2D eigenvalue weighted by Gasteiger charge is -2.15. The number of nitrogens with zero attached hydrogens (tertiary/aromatic N) is 1. The van der Waals surface area contributed by atoms with Crippen molar-refractivity contribution in [3.8, 4) is 0 Å². The Morgan fingerprint density at radius 1 is 0.750 bits per heavy atom. The molecular formula is C24H17NO2S. The van der Waals surface area contributed by atoms with Crippen LogP contribution in [0.3, 0.4) is 0 Å². The normalized spacial score (nSPS) is 16.6. The van der Waals surface area contributed by atoms with E-state index in [1.165, 1.54) is 15.4 Å². The molecule has 3 aromatic rings. The maximum Gasteiger partial charge on any atom is 0.261 e. The van der Waals surface area contributed by atoms with Crippen molar-refractivity contribution in [2.45, 2.75) is 10.6 Å². The van der Waals surface area contributed by atoms with Crippen LogP contribution in [0, 0.1) is 0 Å². The predicted octanol–water partition coefficient (Wildman–Crippen LogP) is 5.02. The summed E-state index contributed by atoms with van der Waals surface area (Å²) in [5, 5.41) is 0. The van der Waals surface area contributed by atoms with Crippen LogP contribution in [0.1, 0.15) is 37.4 Å². The molecule has 0 N–H and O–H groups in total. The van der Waals surface area contributed by atoms with E-state index in [4.69, 9.17) is 0 Å². The monoisotopic (exact) mass is 383 g/mol. The average molecular weight is 383 g/mol. The average Bonchev–Trinajstić information content (AvgIpc) is 2.88. The summed E-state index contributed by atoms with van der Waals surface area (Å²) in [6.45, 7) is 0.259. The van der Waals surface area contributed by atoms with Crippen LogP contribution in [-0.4, -0.2) is 23.3 Å². The smallest absolute Gasteiger partial charge is 0.261 e. The van der Waals surface area contributed by atoms with Gasteiger partial charge in [-0.3, -0.25) is 14.5 Å². The molecule has 0 radical (unpaired) electrons. The Morgan fingerprint density at radius 2 is 1.32 bits per heavy atom. The second-order valence-electron chi connectivity index (χ2n) is 6.83. The van der Waals surface area contributed by atoms with Gasteiger partial charge in [-0.05, 0) is 40.5 Å². The molecule has 2 aliphatic rings. The highest BCUT2D eigenvalue weighted by molar-refractivity contribution is 7.98. The summed E-state index contributed by atoms with van der Waals surface area (Å²) in [6.07, 6.45) is 2.02. The largest absolute Gasteiger partial charge is 0.270 e. The van der Waals surface area contributed by atoms with E-state index in [0.29, 0.717) is 11.1 Å². The Hall–Kier alpha value is -3.11. The van der Waals surface area contributed by atoms with Gasteiger partial charge in [0.1, 0.15) is 0 Å². The van der Waals surface area contributed by atoms with Crippen LogP contribution in [0.2, 0.25) is 0 Å². The van der Waals surface area contributed by atoms with Gasteiger partial charge in [0, 0.05) is 17.2 Å². The molecular weight excluding hydrogens is 366 g/mol. The van der Waals surface area contributed by atoms with Gasteiger partial charge in [0.25, 0.3) is 11.8 Å². The predicted molar refractivity (Wildman–Crippen MR) is 111 cm³/mol. The van der Waals surface area contributed by atoms with Gasteiger partial charge < -0.3 is 0 Å². The van der Waals surface area contributed by atoms with E-state index in [9.17, 15) is 9.59 Å². The van der Waals surface area contributed by atoms with Gasteiger partial charge in [0.05, 0.1) is 11.1 Å². The van der Waals surface area contributed by atoms with Crippen molar-refractivity contribution in [1.29, 1.82) is 0 Å². The van der Waals surface area contributed by atoms with Gasteiger partial charge in [0.15, 0.2) is 0 Å². The van der Waals surface area contributed by atoms with Crippen molar-refractivity contribution in [1.82, 2.24) is 4.90 Å². The van der Waals surface area contributed by atoms with Gasteiger partial charge in [-0.2, -0.15) is 0 Å². The maximum atomic E-state index is 12.7. The van der Waals surface area contributed by atoms with E-state index < -0.39 is 0 Å². The number of hydrogen-bond acceptors (Lipinski definition) is 3. The van der Waals surface area contributed by atoms with E-state index in [-0.39, 0.29) is 18.4 Å². The van der Waals surface area contributed by atoms with Crippen LogP contribution in [0.15, 0.2) is 83.8 Å². The number of carbonyl (C=O) groups is 2. The SMILES string of the molecule is O=C1c2ccccc2C(=O)N1C/C=C1\c2ccccc2CSc2ccccc21. The Labute approximate surface area is 167 Å². The summed E-state index contributed by atoms with van der Waals surface area (Å²) in [7, 11) is 0. The minimum atomic E-state index is -0.220. The number of amides is 2. The van der Waals surface area contributed by atoms with E-state index in [2.05, 4.69) is 30.3 Å². The van der Waals surface area contributed by atoms with Crippen molar-refractivity contribution in [2.75, 3.05) is 6.54 Å². The molecule has 5 rings (SSSR count). The zero-order chi connectivity index (χ0) is 19.1. The number of carbonyl (C=O) groups excluding carboxylic acids is 2. The first kappa shape index (κ1) is 17.0. The standard InChI is InChI=1S/C24H17NO2S/c26-23-20-10-3-4-11-21(20)24(27)25(23)14-13-18-17-8-2-1-7-16(17)15-28-22-12-6-5-9-19(18)22/h1-13H,14-15H2/b18-13+. The van der Waals surface area contributed by atoms with Crippen molar-refractivity contribution in [3.63, 3.8) is 0 Å². The third-order valence-electron chi connectivity index (χ3n) is 5.22. The maximum absolute atomic E-state index is 12.7. The fourth-order valence-corrected chi connectivity index (χ4v) is 4.90. The molecule has 0 unspecified atom stereocenters. The molecule has 2 amide bonds. The number of fused-ring (bicyclic) bond motifs is 3. The van der Waals surface area contributed by atoms with E-state index in [0.717, 1.165) is 22.5 Å². The quantitative estimate of drug-likeness (QED) is 0.583. The molecule has 28 heavy (non-hydrogen) atoms. The van der Waals surface area contributed by atoms with Gasteiger partial charge in [-0.25, -0.2) is 0 Å². The van der Waals surface area contributed by atoms with Crippen molar-refractivity contribution >= 4 is 29.1 Å². The lowest BCUT2D eigenvalue weighted by molar-refractivity contribution is 0.0672. The zero-order valence-corrected chi connectivity index (χ0v) is 15.9. The Morgan fingerprint density at radius 3 is 2.04 bits per heavy atom.